The minimum atomic E-state index is -3.58. The van der Waals surface area contributed by atoms with Crippen molar-refractivity contribution in [1.82, 2.24) is 9.47 Å². The Morgan fingerprint density at radius 3 is 2.39 bits per heavy atom. The first-order valence-corrected chi connectivity index (χ1v) is 11.3. The molecule has 1 saturated heterocycles. The maximum Gasteiger partial charge on any atom is 0.242 e. The van der Waals surface area contributed by atoms with Crippen molar-refractivity contribution in [2.45, 2.75) is 30.0 Å². The molecule has 0 spiro atoms. The molecule has 0 unspecified atom stereocenters. The number of hydrogen-bond acceptors (Lipinski definition) is 3. The molecule has 1 aromatic heterocycles. The van der Waals surface area contributed by atoms with Gasteiger partial charge in [0.2, 0.25) is 5.91 Å². The first-order chi connectivity index (χ1) is 13.4. The molecule has 1 aliphatic heterocycles. The van der Waals surface area contributed by atoms with Crippen LogP contribution >= 0.6 is 11.6 Å². The molecule has 2 aromatic carbocycles. The van der Waals surface area contributed by atoms with Crippen LogP contribution in [-0.2, 0) is 26.9 Å². The zero-order valence-corrected chi connectivity index (χ0v) is 16.9. The maximum absolute atomic E-state index is 13.1. The van der Waals surface area contributed by atoms with E-state index in [0.717, 1.165) is 31.4 Å². The Kier molecular flexibility index (Phi) is 5.17. The van der Waals surface area contributed by atoms with E-state index in [2.05, 4.69) is 0 Å². The first-order valence-electron chi connectivity index (χ1n) is 9.27. The second-order valence-electron chi connectivity index (χ2n) is 7.11. The Bertz CT molecular complexity index is 1110. The Morgan fingerprint density at radius 1 is 1.00 bits per heavy atom. The van der Waals surface area contributed by atoms with Crippen molar-refractivity contribution < 1.29 is 13.2 Å². The third-order valence-corrected chi connectivity index (χ3v) is 7.08. The first kappa shape index (κ1) is 19.0. The highest BCUT2D eigenvalue weighted by atomic mass is 35.5. The van der Waals surface area contributed by atoms with Crippen LogP contribution in [0.15, 0.2) is 59.6 Å². The lowest BCUT2D eigenvalue weighted by atomic mass is 10.2. The summed E-state index contributed by atoms with van der Waals surface area (Å²) in [6.07, 6.45) is 3.65. The highest BCUT2D eigenvalue weighted by molar-refractivity contribution is 7.90. The lowest BCUT2D eigenvalue weighted by Crippen LogP contribution is -2.30. The summed E-state index contributed by atoms with van der Waals surface area (Å²) in [5, 5.41) is 1.21. The van der Waals surface area contributed by atoms with Gasteiger partial charge in [0.1, 0.15) is 6.54 Å². The fraction of sp³-hybridized carbons (Fsp3) is 0.286. The fourth-order valence-corrected chi connectivity index (χ4v) is 5.39. The van der Waals surface area contributed by atoms with Crippen LogP contribution in [0.2, 0.25) is 5.02 Å². The van der Waals surface area contributed by atoms with Gasteiger partial charge in [-0.2, -0.15) is 0 Å². The standard InChI is InChI=1S/C21H21ClN2O3S/c22-17-9-7-16(8-10-17)15-28(26,27)20-13-24(19-6-2-1-5-18(19)20)14-21(25)23-11-3-4-12-23/h1-2,5-10,13H,3-4,11-12,14-15H2. The number of likely N-dealkylation sites (tertiary alicyclic amines) is 1. The number of para-hydroxylation sites is 1. The van der Waals surface area contributed by atoms with E-state index in [1.54, 1.807) is 41.1 Å². The van der Waals surface area contributed by atoms with Gasteiger partial charge in [0.15, 0.2) is 9.84 Å². The number of rotatable bonds is 5. The molecule has 4 rings (SSSR count). The van der Waals surface area contributed by atoms with E-state index in [-0.39, 0.29) is 23.1 Å². The number of halogens is 1. The van der Waals surface area contributed by atoms with E-state index in [4.69, 9.17) is 11.6 Å². The summed E-state index contributed by atoms with van der Waals surface area (Å²) in [6, 6.07) is 14.1. The van der Waals surface area contributed by atoms with Crippen LogP contribution in [-0.4, -0.2) is 36.9 Å². The van der Waals surface area contributed by atoms with Gasteiger partial charge in [-0.15, -0.1) is 0 Å². The Balaban J connectivity index is 1.68. The quantitative estimate of drug-likeness (QED) is 0.634. The predicted octanol–water partition coefficient (Wildman–Crippen LogP) is 3.89. The molecule has 146 valence electrons. The average molecular weight is 417 g/mol. The maximum atomic E-state index is 13.1. The number of fused-ring (bicyclic) bond motifs is 1. The molecule has 0 radical (unpaired) electrons. The van der Waals surface area contributed by atoms with E-state index in [9.17, 15) is 13.2 Å². The second-order valence-corrected chi connectivity index (χ2v) is 9.51. The smallest absolute Gasteiger partial charge is 0.242 e. The van der Waals surface area contributed by atoms with Gasteiger partial charge in [-0.3, -0.25) is 4.79 Å². The summed E-state index contributed by atoms with van der Waals surface area (Å²) in [5.41, 5.74) is 1.43. The van der Waals surface area contributed by atoms with Crippen LogP contribution in [0.5, 0.6) is 0 Å². The lowest BCUT2D eigenvalue weighted by molar-refractivity contribution is -0.130. The van der Waals surface area contributed by atoms with Crippen LogP contribution in [0.4, 0.5) is 0 Å². The molecule has 0 bridgehead atoms. The molecule has 28 heavy (non-hydrogen) atoms. The zero-order valence-electron chi connectivity index (χ0n) is 15.3. The molecule has 0 saturated carbocycles. The highest BCUT2D eigenvalue weighted by Gasteiger charge is 2.24. The summed E-state index contributed by atoms with van der Waals surface area (Å²) in [5.74, 6) is -0.0852. The minimum Gasteiger partial charge on any atom is -0.341 e. The summed E-state index contributed by atoms with van der Waals surface area (Å²) in [7, 11) is -3.58. The van der Waals surface area contributed by atoms with Crippen molar-refractivity contribution in [3.05, 3.63) is 65.3 Å². The number of carbonyl (C=O) groups excluding carboxylic acids is 1. The van der Waals surface area contributed by atoms with Gasteiger partial charge < -0.3 is 9.47 Å². The fourth-order valence-electron chi connectivity index (χ4n) is 3.68. The average Bonchev–Trinajstić information content (AvgIpc) is 3.32. The third-order valence-electron chi connectivity index (χ3n) is 5.12. The Morgan fingerprint density at radius 2 is 1.68 bits per heavy atom. The van der Waals surface area contributed by atoms with Crippen molar-refractivity contribution in [2.75, 3.05) is 13.1 Å². The Hall–Kier alpha value is -2.31. The van der Waals surface area contributed by atoms with Gasteiger partial charge in [0.05, 0.1) is 10.6 Å². The highest BCUT2D eigenvalue weighted by Crippen LogP contribution is 2.28. The van der Waals surface area contributed by atoms with Crippen LogP contribution in [0, 0.1) is 0 Å². The van der Waals surface area contributed by atoms with Crippen molar-refractivity contribution in [1.29, 1.82) is 0 Å². The van der Waals surface area contributed by atoms with E-state index in [0.29, 0.717) is 16.0 Å². The molecular weight excluding hydrogens is 396 g/mol. The predicted molar refractivity (Wildman–Crippen MR) is 110 cm³/mol. The van der Waals surface area contributed by atoms with Gasteiger partial charge in [-0.1, -0.05) is 41.9 Å². The van der Waals surface area contributed by atoms with Gasteiger partial charge in [0, 0.05) is 35.2 Å². The number of amides is 1. The molecule has 0 atom stereocenters. The normalized spacial score (nSPS) is 14.7. The Labute approximate surface area is 169 Å². The molecule has 2 heterocycles. The SMILES string of the molecule is O=C(Cn1cc(S(=O)(=O)Cc2ccc(Cl)cc2)c2ccccc21)N1CCCC1. The summed E-state index contributed by atoms with van der Waals surface area (Å²) in [6.45, 7) is 1.70. The van der Waals surface area contributed by atoms with E-state index in [1.807, 2.05) is 23.1 Å². The van der Waals surface area contributed by atoms with E-state index >= 15 is 0 Å². The van der Waals surface area contributed by atoms with Crippen molar-refractivity contribution >= 4 is 38.2 Å². The van der Waals surface area contributed by atoms with Crippen LogP contribution in [0.25, 0.3) is 10.9 Å². The number of carbonyl (C=O) groups is 1. The second kappa shape index (κ2) is 7.60. The number of nitrogens with zero attached hydrogens (tertiary/aromatic N) is 2. The van der Waals surface area contributed by atoms with Gasteiger partial charge >= 0.3 is 0 Å². The molecular formula is C21H21ClN2O3S. The van der Waals surface area contributed by atoms with Gasteiger partial charge in [-0.05, 0) is 36.6 Å². The van der Waals surface area contributed by atoms with Gasteiger partial charge in [-0.25, -0.2) is 8.42 Å². The van der Waals surface area contributed by atoms with E-state index < -0.39 is 9.84 Å². The van der Waals surface area contributed by atoms with Crippen LogP contribution < -0.4 is 0 Å². The summed E-state index contributed by atoms with van der Waals surface area (Å²) >= 11 is 5.89. The topological polar surface area (TPSA) is 59.4 Å². The lowest BCUT2D eigenvalue weighted by Gasteiger charge is -2.15. The van der Waals surface area contributed by atoms with Crippen molar-refractivity contribution in [3.63, 3.8) is 0 Å². The van der Waals surface area contributed by atoms with Crippen molar-refractivity contribution in [2.24, 2.45) is 0 Å². The number of benzene rings is 2. The summed E-state index contributed by atoms with van der Waals surface area (Å²) in [4.78, 5) is 14.7. The molecule has 3 aromatic rings. The molecule has 0 aliphatic carbocycles. The number of aromatic nitrogens is 1. The van der Waals surface area contributed by atoms with Crippen LogP contribution in [0.3, 0.4) is 0 Å². The van der Waals surface area contributed by atoms with Crippen molar-refractivity contribution in [3.8, 4) is 0 Å². The monoisotopic (exact) mass is 416 g/mol. The molecule has 5 nitrogen and oxygen atoms in total. The van der Waals surface area contributed by atoms with E-state index in [1.165, 1.54) is 0 Å². The molecule has 1 amide bonds. The third kappa shape index (κ3) is 3.80. The van der Waals surface area contributed by atoms with Crippen LogP contribution in [0.1, 0.15) is 18.4 Å². The number of sulfone groups is 1. The largest absolute Gasteiger partial charge is 0.341 e. The molecule has 1 aliphatic rings. The zero-order chi connectivity index (χ0) is 19.7. The minimum absolute atomic E-state index is 0.0277. The molecule has 1 fully saturated rings. The summed E-state index contributed by atoms with van der Waals surface area (Å²) < 4.78 is 28.0. The van der Waals surface area contributed by atoms with Gasteiger partial charge in [0.25, 0.3) is 0 Å². The molecule has 0 N–H and O–H groups in total. The number of hydrogen-bond donors (Lipinski definition) is 0. The molecule has 7 heteroatoms.